The molecule has 1 aliphatic heterocycles. The van der Waals surface area contributed by atoms with Gasteiger partial charge >= 0.3 is 0 Å². The Hall–Kier alpha value is -1.81. The number of aryl methyl sites for hydroxylation is 1. The molecule has 1 heterocycles. The Morgan fingerprint density at radius 2 is 1.73 bits per heavy atom. The van der Waals surface area contributed by atoms with Gasteiger partial charge in [0.1, 0.15) is 0 Å². The molecule has 0 aliphatic carbocycles. The monoisotopic (exact) mass is 357 g/mol. The largest absolute Gasteiger partial charge is 0.368 e. The molecule has 0 amide bonds. The van der Waals surface area contributed by atoms with Crippen molar-refractivity contribution in [3.8, 4) is 0 Å². The van der Waals surface area contributed by atoms with E-state index in [2.05, 4.69) is 74.3 Å². The molecule has 0 aromatic heterocycles. The molecule has 1 aliphatic rings. The van der Waals surface area contributed by atoms with Crippen LogP contribution in [0.25, 0.3) is 0 Å². The van der Waals surface area contributed by atoms with Gasteiger partial charge in [-0.3, -0.25) is 5.01 Å². The highest BCUT2D eigenvalue weighted by atomic mass is 79.9. The summed E-state index contributed by atoms with van der Waals surface area (Å²) in [6.07, 6.45) is 1.94. The summed E-state index contributed by atoms with van der Waals surface area (Å²) in [7, 11) is 0. The van der Waals surface area contributed by atoms with Crippen molar-refractivity contribution in [2.75, 3.05) is 31.1 Å². The summed E-state index contributed by atoms with van der Waals surface area (Å²) < 4.78 is 1.08. The fourth-order valence-corrected chi connectivity index (χ4v) is 2.98. The summed E-state index contributed by atoms with van der Waals surface area (Å²) in [6.45, 7) is 6.06. The third kappa shape index (κ3) is 3.89. The maximum atomic E-state index is 4.60. The van der Waals surface area contributed by atoms with Gasteiger partial charge in [0.05, 0.1) is 19.3 Å². The lowest BCUT2D eigenvalue weighted by Gasteiger charge is -2.34. The van der Waals surface area contributed by atoms with Crippen LogP contribution >= 0.6 is 15.9 Å². The van der Waals surface area contributed by atoms with Crippen molar-refractivity contribution < 1.29 is 0 Å². The molecule has 2 aromatic rings. The van der Waals surface area contributed by atoms with Crippen LogP contribution in [-0.2, 0) is 0 Å². The molecule has 22 heavy (non-hydrogen) atoms. The summed E-state index contributed by atoms with van der Waals surface area (Å²) in [4.78, 5) is 2.42. The van der Waals surface area contributed by atoms with E-state index in [1.807, 2.05) is 18.3 Å². The van der Waals surface area contributed by atoms with Gasteiger partial charge in [-0.2, -0.15) is 5.10 Å². The number of halogens is 1. The number of hydrogen-bond acceptors (Lipinski definition) is 3. The minimum Gasteiger partial charge on any atom is -0.368 e. The maximum Gasteiger partial charge on any atom is 0.0543 e. The van der Waals surface area contributed by atoms with Gasteiger partial charge < -0.3 is 4.90 Å². The molecule has 0 spiro atoms. The zero-order valence-electron chi connectivity index (χ0n) is 12.7. The Morgan fingerprint density at radius 3 is 2.41 bits per heavy atom. The molecule has 1 fully saturated rings. The standard InChI is InChI=1S/C18H20BrN3/c1-15-5-7-18(8-6-15)21-9-11-22(12-10-21)20-14-16-3-2-4-17(19)13-16/h2-8,13-14H,9-12H2,1H3/b20-14-. The molecule has 0 radical (unpaired) electrons. The Bertz CT molecular complexity index is 644. The second-order valence-electron chi connectivity index (χ2n) is 5.58. The molecular weight excluding hydrogens is 338 g/mol. The van der Waals surface area contributed by atoms with Crippen LogP contribution in [0.15, 0.2) is 58.1 Å². The van der Waals surface area contributed by atoms with E-state index < -0.39 is 0 Å². The number of piperazine rings is 1. The van der Waals surface area contributed by atoms with Gasteiger partial charge in [0.15, 0.2) is 0 Å². The van der Waals surface area contributed by atoms with Crippen LogP contribution in [0, 0.1) is 6.92 Å². The predicted molar refractivity (Wildman–Crippen MR) is 96.7 cm³/mol. The third-order valence-electron chi connectivity index (χ3n) is 3.87. The van der Waals surface area contributed by atoms with E-state index in [4.69, 9.17) is 0 Å². The summed E-state index contributed by atoms with van der Waals surface area (Å²) in [6, 6.07) is 17.0. The van der Waals surface area contributed by atoms with Crippen molar-refractivity contribution in [2.24, 2.45) is 5.10 Å². The van der Waals surface area contributed by atoms with E-state index in [1.54, 1.807) is 0 Å². The minimum absolute atomic E-state index is 0.957. The number of anilines is 1. The molecule has 3 nitrogen and oxygen atoms in total. The lowest BCUT2D eigenvalue weighted by molar-refractivity contribution is 0.272. The van der Waals surface area contributed by atoms with Crippen LogP contribution in [0.3, 0.4) is 0 Å². The lowest BCUT2D eigenvalue weighted by Crippen LogP contribution is -2.44. The van der Waals surface area contributed by atoms with E-state index in [0.29, 0.717) is 0 Å². The molecule has 3 rings (SSSR count). The first-order valence-corrected chi connectivity index (χ1v) is 8.36. The first kappa shape index (κ1) is 15.1. The average Bonchev–Trinajstić information content (AvgIpc) is 2.54. The number of hydrogen-bond donors (Lipinski definition) is 0. The van der Waals surface area contributed by atoms with Crippen LogP contribution < -0.4 is 4.90 Å². The first-order chi connectivity index (χ1) is 10.7. The van der Waals surface area contributed by atoms with Crippen molar-refractivity contribution >= 4 is 27.8 Å². The highest BCUT2D eigenvalue weighted by Gasteiger charge is 2.15. The van der Waals surface area contributed by atoms with E-state index in [9.17, 15) is 0 Å². The molecule has 2 aromatic carbocycles. The van der Waals surface area contributed by atoms with Gasteiger partial charge in [-0.05, 0) is 36.8 Å². The summed E-state index contributed by atoms with van der Waals surface area (Å²) >= 11 is 3.48. The van der Waals surface area contributed by atoms with Crippen molar-refractivity contribution in [1.29, 1.82) is 0 Å². The molecule has 0 atom stereocenters. The fraction of sp³-hybridized carbons (Fsp3) is 0.278. The number of rotatable bonds is 3. The number of hydrazone groups is 1. The maximum absolute atomic E-state index is 4.60. The number of benzene rings is 2. The quantitative estimate of drug-likeness (QED) is 0.775. The van der Waals surface area contributed by atoms with Gasteiger partial charge in [-0.15, -0.1) is 0 Å². The van der Waals surface area contributed by atoms with E-state index in [0.717, 1.165) is 36.2 Å². The second-order valence-corrected chi connectivity index (χ2v) is 6.49. The van der Waals surface area contributed by atoms with Crippen LogP contribution in [0.4, 0.5) is 5.69 Å². The summed E-state index contributed by atoms with van der Waals surface area (Å²) in [5, 5.41) is 6.74. The third-order valence-corrected chi connectivity index (χ3v) is 4.37. The Labute approximate surface area is 140 Å². The fourth-order valence-electron chi connectivity index (χ4n) is 2.56. The van der Waals surface area contributed by atoms with Crippen molar-refractivity contribution in [1.82, 2.24) is 5.01 Å². The van der Waals surface area contributed by atoms with Gasteiger partial charge in [0.25, 0.3) is 0 Å². The van der Waals surface area contributed by atoms with Crippen LogP contribution in [0.5, 0.6) is 0 Å². The van der Waals surface area contributed by atoms with Crippen molar-refractivity contribution in [2.45, 2.75) is 6.92 Å². The SMILES string of the molecule is Cc1ccc(N2CCN(/N=C\c3cccc(Br)c3)CC2)cc1. The second kappa shape index (κ2) is 6.97. The molecule has 4 heteroatoms. The molecule has 0 bridgehead atoms. The molecule has 0 unspecified atom stereocenters. The van der Waals surface area contributed by atoms with E-state index in [-0.39, 0.29) is 0 Å². The van der Waals surface area contributed by atoms with Gasteiger partial charge in [-0.1, -0.05) is 45.8 Å². The van der Waals surface area contributed by atoms with Crippen LogP contribution in [-0.4, -0.2) is 37.4 Å². The van der Waals surface area contributed by atoms with Crippen molar-refractivity contribution in [3.05, 3.63) is 64.1 Å². The zero-order chi connectivity index (χ0) is 15.4. The van der Waals surface area contributed by atoms with Gasteiger partial charge in [0.2, 0.25) is 0 Å². The number of nitrogens with zero attached hydrogens (tertiary/aromatic N) is 3. The van der Waals surface area contributed by atoms with Crippen LogP contribution in [0.1, 0.15) is 11.1 Å². The lowest BCUT2D eigenvalue weighted by atomic mass is 10.2. The summed E-state index contributed by atoms with van der Waals surface area (Å²) in [5.74, 6) is 0. The highest BCUT2D eigenvalue weighted by Crippen LogP contribution is 2.17. The average molecular weight is 358 g/mol. The zero-order valence-corrected chi connectivity index (χ0v) is 14.3. The molecule has 0 saturated carbocycles. The molecule has 1 saturated heterocycles. The smallest absolute Gasteiger partial charge is 0.0543 e. The van der Waals surface area contributed by atoms with Gasteiger partial charge in [0, 0.05) is 23.2 Å². The van der Waals surface area contributed by atoms with Crippen molar-refractivity contribution in [3.63, 3.8) is 0 Å². The molecular formula is C18H20BrN3. The molecule has 0 N–H and O–H groups in total. The first-order valence-electron chi connectivity index (χ1n) is 7.57. The summed E-state index contributed by atoms with van der Waals surface area (Å²) in [5.41, 5.74) is 3.73. The predicted octanol–water partition coefficient (Wildman–Crippen LogP) is 3.91. The molecule has 114 valence electrons. The topological polar surface area (TPSA) is 18.8 Å². The van der Waals surface area contributed by atoms with Crippen LogP contribution in [0.2, 0.25) is 0 Å². The Balaban J connectivity index is 1.56. The normalized spacial score (nSPS) is 15.5. The highest BCUT2D eigenvalue weighted by molar-refractivity contribution is 9.10. The Morgan fingerprint density at radius 1 is 1.00 bits per heavy atom. The Kier molecular flexibility index (Phi) is 4.78. The van der Waals surface area contributed by atoms with Gasteiger partial charge in [-0.25, -0.2) is 0 Å². The van der Waals surface area contributed by atoms with E-state index in [1.165, 1.54) is 11.3 Å². The van der Waals surface area contributed by atoms with E-state index >= 15 is 0 Å². The minimum atomic E-state index is 0.957.